The normalized spacial score (nSPS) is 24.4. The van der Waals surface area contributed by atoms with Crippen molar-refractivity contribution in [2.24, 2.45) is 13.0 Å². The molecule has 0 unspecified atom stereocenters. The summed E-state index contributed by atoms with van der Waals surface area (Å²) in [7, 11) is 3.67. The molecule has 0 radical (unpaired) electrons. The molecule has 2 aromatic rings. The molecule has 272 valence electrons. The van der Waals surface area contributed by atoms with E-state index in [1.54, 1.807) is 19.2 Å². The first-order valence-electron chi connectivity index (χ1n) is 17.8. The molecule has 3 fully saturated rings. The van der Waals surface area contributed by atoms with Crippen LogP contribution in [0.5, 0.6) is 0 Å². The van der Waals surface area contributed by atoms with Gasteiger partial charge in [0.15, 0.2) is 0 Å². The average molecular weight is 731 g/mol. The van der Waals surface area contributed by atoms with Crippen LogP contribution in [0.25, 0.3) is 6.08 Å². The standard InChI is InChI=1S/C37H49Cl2N5O6/c1-41-22-30(29-5-3-4-6-34(29)41)36(46)40-33-20-31(38)25(17-32(33)39)18-35(45)44-21-26(43-13-11-42(12-14-43)15-16-49-2)19-27(44)23-50-28-9-7-24(8-10-28)37(47)48/h3,5,17,20,22,24,26-28H,4,6-16,18-19,21,23H2,1-2H3,(H,40,46)(H,47,48)/t24?,26-,27-,28?/m0/s1. The second-order valence-corrected chi connectivity index (χ2v) is 14.9. The molecule has 1 aromatic carbocycles. The number of aryl methyl sites for hydroxylation is 1. The van der Waals surface area contributed by atoms with Crippen molar-refractivity contribution in [1.29, 1.82) is 0 Å². The van der Waals surface area contributed by atoms with Crippen molar-refractivity contribution in [3.8, 4) is 0 Å². The van der Waals surface area contributed by atoms with Crippen molar-refractivity contribution in [3.63, 3.8) is 0 Å². The molecule has 6 rings (SSSR count). The predicted octanol–water partition coefficient (Wildman–Crippen LogP) is 4.98. The Bertz CT molecular complexity index is 1580. The Morgan fingerprint density at radius 3 is 2.52 bits per heavy atom. The lowest BCUT2D eigenvalue weighted by molar-refractivity contribution is -0.144. The summed E-state index contributed by atoms with van der Waals surface area (Å²) in [5.41, 5.74) is 3.61. The van der Waals surface area contributed by atoms with E-state index in [0.717, 1.165) is 63.2 Å². The number of nitrogens with zero attached hydrogens (tertiary/aromatic N) is 4. The molecule has 2 aliphatic heterocycles. The summed E-state index contributed by atoms with van der Waals surface area (Å²) in [6.07, 6.45) is 11.3. The first-order valence-corrected chi connectivity index (χ1v) is 18.6. The van der Waals surface area contributed by atoms with Gasteiger partial charge in [0, 0.05) is 81.9 Å². The van der Waals surface area contributed by atoms with Gasteiger partial charge in [-0.15, -0.1) is 0 Å². The highest BCUT2D eigenvalue weighted by Gasteiger charge is 2.39. The summed E-state index contributed by atoms with van der Waals surface area (Å²) in [6.45, 7) is 6.43. The van der Waals surface area contributed by atoms with Crippen LogP contribution in [0.15, 0.2) is 24.4 Å². The molecule has 50 heavy (non-hydrogen) atoms. The fourth-order valence-electron chi connectivity index (χ4n) is 7.98. The highest BCUT2D eigenvalue weighted by molar-refractivity contribution is 6.36. The number of halogens is 2. The number of carboxylic acids is 1. The quantitative estimate of drug-likeness (QED) is 0.315. The number of ether oxygens (including phenoxy) is 2. The van der Waals surface area contributed by atoms with Crippen LogP contribution < -0.4 is 5.32 Å². The number of benzene rings is 1. The van der Waals surface area contributed by atoms with Gasteiger partial charge < -0.3 is 29.4 Å². The van der Waals surface area contributed by atoms with Crippen molar-refractivity contribution in [1.82, 2.24) is 19.3 Å². The van der Waals surface area contributed by atoms with E-state index < -0.39 is 5.97 Å². The highest BCUT2D eigenvalue weighted by atomic mass is 35.5. The molecule has 1 saturated carbocycles. The van der Waals surface area contributed by atoms with Gasteiger partial charge in [0.05, 0.1) is 54.0 Å². The molecular formula is C37H49Cl2N5O6. The molecule has 0 bridgehead atoms. The molecule has 2 N–H and O–H groups in total. The number of methoxy groups -OCH3 is 1. The average Bonchev–Trinajstić information content (AvgIpc) is 3.70. The molecule has 13 heteroatoms. The minimum atomic E-state index is -0.734. The van der Waals surface area contributed by atoms with Crippen molar-refractivity contribution >= 4 is 52.7 Å². The third kappa shape index (κ3) is 8.57. The lowest BCUT2D eigenvalue weighted by atomic mass is 9.87. The summed E-state index contributed by atoms with van der Waals surface area (Å²) in [4.78, 5) is 45.6. The maximum Gasteiger partial charge on any atom is 0.306 e. The van der Waals surface area contributed by atoms with Crippen LogP contribution in [-0.4, -0.2) is 120 Å². The van der Waals surface area contributed by atoms with Crippen LogP contribution in [0.3, 0.4) is 0 Å². The van der Waals surface area contributed by atoms with Crippen LogP contribution in [0.4, 0.5) is 5.69 Å². The maximum absolute atomic E-state index is 14.0. The molecule has 11 nitrogen and oxygen atoms in total. The van der Waals surface area contributed by atoms with Crippen LogP contribution in [0.2, 0.25) is 10.0 Å². The van der Waals surface area contributed by atoms with Crippen LogP contribution in [-0.2, 0) is 39.0 Å². The molecule has 2 atom stereocenters. The number of fused-ring (bicyclic) bond motifs is 1. The number of hydrogen-bond acceptors (Lipinski definition) is 7. The number of aliphatic carboxylic acids is 1. The SMILES string of the molecule is COCCN1CCN([C@H]2C[C@@H](COC3CCC(C(=O)O)CC3)N(C(=O)Cc3cc(Cl)c(NC(=O)c4cn(C)c5c4C=CCC5)cc3Cl)C2)CC1. The third-order valence-electron chi connectivity index (χ3n) is 10.9. The fourth-order valence-corrected chi connectivity index (χ4v) is 8.44. The number of carbonyl (C=O) groups excluding carboxylic acids is 2. The first kappa shape index (κ1) is 36.8. The minimum Gasteiger partial charge on any atom is -0.481 e. The summed E-state index contributed by atoms with van der Waals surface area (Å²) >= 11 is 13.4. The van der Waals surface area contributed by atoms with Crippen molar-refractivity contribution in [3.05, 3.63) is 56.8 Å². The van der Waals surface area contributed by atoms with Crippen molar-refractivity contribution in [2.45, 2.75) is 69.6 Å². The Morgan fingerprint density at radius 1 is 1.04 bits per heavy atom. The topological polar surface area (TPSA) is 117 Å². The summed E-state index contributed by atoms with van der Waals surface area (Å²) in [5, 5.41) is 13.0. The predicted molar refractivity (Wildman–Crippen MR) is 194 cm³/mol. The zero-order valence-corrected chi connectivity index (χ0v) is 30.6. The zero-order chi connectivity index (χ0) is 35.4. The molecule has 2 saturated heterocycles. The second kappa shape index (κ2) is 16.6. The lowest BCUT2D eigenvalue weighted by Crippen LogP contribution is -2.51. The van der Waals surface area contributed by atoms with E-state index in [1.165, 1.54) is 0 Å². The van der Waals surface area contributed by atoms with Gasteiger partial charge in [0.1, 0.15) is 0 Å². The van der Waals surface area contributed by atoms with E-state index >= 15 is 0 Å². The Labute approximate surface area is 304 Å². The summed E-state index contributed by atoms with van der Waals surface area (Å²) in [6, 6.07) is 3.42. The Balaban J connectivity index is 1.11. The van der Waals surface area contributed by atoms with Gasteiger partial charge in [-0.1, -0.05) is 35.4 Å². The van der Waals surface area contributed by atoms with Gasteiger partial charge in [0.2, 0.25) is 5.91 Å². The van der Waals surface area contributed by atoms with E-state index in [4.69, 9.17) is 32.7 Å². The lowest BCUT2D eigenvalue weighted by Gasteiger charge is -2.37. The monoisotopic (exact) mass is 729 g/mol. The number of amides is 2. The number of carbonyl (C=O) groups is 3. The zero-order valence-electron chi connectivity index (χ0n) is 29.0. The van der Waals surface area contributed by atoms with Crippen molar-refractivity contribution < 1.29 is 29.0 Å². The van der Waals surface area contributed by atoms with Gasteiger partial charge in [-0.2, -0.15) is 0 Å². The number of hydrogen-bond donors (Lipinski definition) is 2. The number of rotatable bonds is 12. The molecular weight excluding hydrogens is 681 g/mol. The summed E-state index contributed by atoms with van der Waals surface area (Å²) < 4.78 is 13.6. The minimum absolute atomic E-state index is 0.000604. The number of piperazine rings is 1. The molecule has 2 amide bonds. The highest BCUT2D eigenvalue weighted by Crippen LogP contribution is 2.33. The van der Waals surface area contributed by atoms with Crippen LogP contribution in [0, 0.1) is 5.92 Å². The van der Waals surface area contributed by atoms with Gasteiger partial charge in [-0.25, -0.2) is 0 Å². The second-order valence-electron chi connectivity index (χ2n) is 14.1. The number of allylic oxidation sites excluding steroid dienone is 1. The molecule has 4 aliphatic rings. The van der Waals surface area contributed by atoms with Gasteiger partial charge in [-0.3, -0.25) is 24.2 Å². The van der Waals surface area contributed by atoms with E-state index in [1.807, 2.05) is 28.8 Å². The third-order valence-corrected chi connectivity index (χ3v) is 11.6. The van der Waals surface area contributed by atoms with Crippen LogP contribution >= 0.6 is 23.2 Å². The largest absolute Gasteiger partial charge is 0.481 e. The van der Waals surface area contributed by atoms with Crippen LogP contribution in [0.1, 0.15) is 65.7 Å². The Kier molecular flexibility index (Phi) is 12.2. The number of carboxylic acid groups (broad SMARTS) is 1. The number of aromatic nitrogens is 1. The van der Waals surface area contributed by atoms with Gasteiger partial charge in [-0.05, 0) is 62.6 Å². The fraction of sp³-hybridized carbons (Fsp3) is 0.595. The van der Waals surface area contributed by atoms with Gasteiger partial charge >= 0.3 is 5.97 Å². The Morgan fingerprint density at radius 2 is 1.80 bits per heavy atom. The maximum atomic E-state index is 14.0. The van der Waals surface area contributed by atoms with E-state index in [0.29, 0.717) is 72.3 Å². The Hall–Kier alpha value is -2.93. The number of likely N-dealkylation sites (tertiary alicyclic amines) is 1. The smallest absolute Gasteiger partial charge is 0.306 e. The molecule has 3 heterocycles. The van der Waals surface area contributed by atoms with E-state index in [2.05, 4.69) is 21.2 Å². The molecule has 1 aromatic heterocycles. The first-order chi connectivity index (χ1) is 24.1. The summed E-state index contributed by atoms with van der Waals surface area (Å²) in [5.74, 6) is -1.35. The number of anilines is 1. The van der Waals surface area contributed by atoms with E-state index in [-0.39, 0.29) is 42.3 Å². The van der Waals surface area contributed by atoms with Gasteiger partial charge in [0.25, 0.3) is 5.91 Å². The molecule has 2 aliphatic carbocycles. The number of nitrogens with one attached hydrogen (secondary N) is 1. The van der Waals surface area contributed by atoms with E-state index in [9.17, 15) is 19.5 Å². The van der Waals surface area contributed by atoms with Crippen molar-refractivity contribution in [2.75, 3.05) is 64.9 Å². The molecule has 0 spiro atoms.